The van der Waals surface area contributed by atoms with Gasteiger partial charge in [0, 0.05) is 12.6 Å². The monoisotopic (exact) mass is 208 g/mol. The average molecular weight is 208 g/mol. The smallest absolute Gasteiger partial charge is 0.126 e. The third kappa shape index (κ3) is 1.54. The van der Waals surface area contributed by atoms with Crippen molar-refractivity contribution in [1.29, 1.82) is 0 Å². The maximum atomic E-state index is 3.85. The number of hydrogen-bond acceptors (Lipinski definition) is 2. The molecule has 0 fully saturated rings. The molecule has 1 unspecified atom stereocenters. The van der Waals surface area contributed by atoms with Crippen LogP contribution in [-0.4, -0.2) is 4.05 Å². The summed E-state index contributed by atoms with van der Waals surface area (Å²) in [6.07, 6.45) is 4.78. The van der Waals surface area contributed by atoms with Crippen LogP contribution in [0.1, 0.15) is 6.42 Å². The van der Waals surface area contributed by atoms with Crippen LogP contribution < -0.4 is 0 Å². The van der Waals surface area contributed by atoms with Crippen LogP contribution in [0.25, 0.3) is 0 Å². The van der Waals surface area contributed by atoms with Gasteiger partial charge in [0.05, 0.1) is 0 Å². The molecule has 7 heavy (non-hydrogen) atoms. The van der Waals surface area contributed by atoms with Crippen molar-refractivity contribution in [3.05, 3.63) is 12.3 Å². The lowest BCUT2D eigenvalue weighted by Gasteiger charge is -1.98. The first kappa shape index (κ1) is 5.21. The van der Waals surface area contributed by atoms with Crippen molar-refractivity contribution in [3.63, 3.8) is 0 Å². The molecular weight excluding hydrogens is 203 g/mol. The Morgan fingerprint density at radius 3 is 2.86 bits per heavy atom. The lowest BCUT2D eigenvalue weighted by Crippen LogP contribution is -1.89. The van der Waals surface area contributed by atoms with Crippen molar-refractivity contribution >= 4 is 22.6 Å². The zero-order chi connectivity index (χ0) is 5.11. The van der Waals surface area contributed by atoms with Gasteiger partial charge in [0.15, 0.2) is 0 Å². The number of hydrogen-bond donors (Lipinski definition) is 0. The van der Waals surface area contributed by atoms with Crippen LogP contribution in [0, 0.1) is 0 Å². The van der Waals surface area contributed by atoms with Gasteiger partial charge >= 0.3 is 0 Å². The standard InChI is InChI=1S/C4H5IN2/c5-4-2-1-3-6-7-4/h1,3-4H,2H2. The maximum Gasteiger partial charge on any atom is 0.126 e. The van der Waals surface area contributed by atoms with Crippen molar-refractivity contribution in [2.24, 2.45) is 10.2 Å². The second kappa shape index (κ2) is 2.40. The van der Waals surface area contributed by atoms with Crippen LogP contribution in [0.2, 0.25) is 0 Å². The van der Waals surface area contributed by atoms with Gasteiger partial charge in [-0.15, -0.1) is 0 Å². The van der Waals surface area contributed by atoms with Crippen LogP contribution in [0.4, 0.5) is 0 Å². The Hall–Kier alpha value is 0.0700. The zero-order valence-corrected chi connectivity index (χ0v) is 5.87. The SMILES string of the molecule is IC1CC=CN=N1. The topological polar surface area (TPSA) is 24.7 Å². The normalized spacial score (nSPS) is 28.4. The van der Waals surface area contributed by atoms with Gasteiger partial charge in [0.1, 0.15) is 4.05 Å². The number of nitrogens with zero attached hydrogens (tertiary/aromatic N) is 2. The van der Waals surface area contributed by atoms with E-state index in [2.05, 4.69) is 32.8 Å². The van der Waals surface area contributed by atoms with Gasteiger partial charge in [-0.1, -0.05) is 28.7 Å². The van der Waals surface area contributed by atoms with Gasteiger partial charge in [-0.3, -0.25) is 0 Å². The molecule has 0 aromatic rings. The highest BCUT2D eigenvalue weighted by atomic mass is 127. The quantitative estimate of drug-likeness (QED) is 0.331. The summed E-state index contributed by atoms with van der Waals surface area (Å²) in [5.41, 5.74) is 0. The van der Waals surface area contributed by atoms with Crippen LogP contribution in [0.5, 0.6) is 0 Å². The lowest BCUT2D eigenvalue weighted by molar-refractivity contribution is 0.861. The van der Waals surface area contributed by atoms with E-state index in [9.17, 15) is 0 Å². The van der Waals surface area contributed by atoms with Crippen molar-refractivity contribution in [3.8, 4) is 0 Å². The van der Waals surface area contributed by atoms with Crippen LogP contribution in [-0.2, 0) is 0 Å². The number of rotatable bonds is 0. The largest absolute Gasteiger partial charge is 0.175 e. The Bertz CT molecular complexity index is 108. The molecule has 2 nitrogen and oxygen atoms in total. The zero-order valence-electron chi connectivity index (χ0n) is 3.71. The van der Waals surface area contributed by atoms with E-state index in [-0.39, 0.29) is 0 Å². The first-order valence-corrected chi connectivity index (χ1v) is 3.33. The average Bonchev–Trinajstić information content (AvgIpc) is 1.69. The fraction of sp³-hybridized carbons (Fsp3) is 0.500. The van der Waals surface area contributed by atoms with E-state index < -0.39 is 0 Å². The van der Waals surface area contributed by atoms with Crippen LogP contribution >= 0.6 is 22.6 Å². The van der Waals surface area contributed by atoms with Crippen LogP contribution in [0.3, 0.4) is 0 Å². The van der Waals surface area contributed by atoms with Gasteiger partial charge < -0.3 is 0 Å². The Kier molecular flexibility index (Phi) is 1.78. The van der Waals surface area contributed by atoms with E-state index in [0.717, 1.165) is 6.42 Å². The second-order valence-corrected chi connectivity index (χ2v) is 2.72. The summed E-state index contributed by atoms with van der Waals surface area (Å²) in [6, 6.07) is 0. The number of halogens is 1. The molecule has 0 N–H and O–H groups in total. The first-order valence-electron chi connectivity index (χ1n) is 2.08. The summed E-state index contributed by atoms with van der Waals surface area (Å²) in [5.74, 6) is 0. The van der Waals surface area contributed by atoms with Crippen molar-refractivity contribution < 1.29 is 0 Å². The Balaban J connectivity index is 2.49. The molecule has 1 rings (SSSR count). The van der Waals surface area contributed by atoms with E-state index in [1.54, 1.807) is 6.20 Å². The second-order valence-electron chi connectivity index (χ2n) is 1.29. The van der Waals surface area contributed by atoms with Gasteiger partial charge in [0.25, 0.3) is 0 Å². The molecule has 1 heterocycles. The summed E-state index contributed by atoms with van der Waals surface area (Å²) in [6.45, 7) is 0. The molecule has 0 spiro atoms. The predicted octanol–water partition coefficient (Wildman–Crippen LogP) is 2.12. The molecule has 0 aromatic carbocycles. The highest BCUT2D eigenvalue weighted by Gasteiger charge is 1.98. The first-order chi connectivity index (χ1) is 3.39. The molecule has 1 aliphatic rings. The fourth-order valence-corrected chi connectivity index (χ4v) is 0.816. The fourth-order valence-electron chi connectivity index (χ4n) is 0.378. The number of azo groups is 1. The molecule has 1 atom stereocenters. The third-order valence-electron chi connectivity index (χ3n) is 0.695. The maximum absolute atomic E-state index is 3.85. The number of alkyl halides is 1. The molecule has 0 aromatic heterocycles. The molecular formula is C4H5IN2. The van der Waals surface area contributed by atoms with E-state index in [1.807, 2.05) is 6.08 Å². The summed E-state index contributed by atoms with van der Waals surface area (Å²) in [4.78, 5) is 0. The third-order valence-corrected chi connectivity index (χ3v) is 1.45. The van der Waals surface area contributed by atoms with Gasteiger partial charge in [-0.2, -0.15) is 10.2 Å². The van der Waals surface area contributed by atoms with E-state index in [4.69, 9.17) is 0 Å². The molecule has 0 bridgehead atoms. The molecule has 0 saturated heterocycles. The minimum absolute atomic E-state index is 0.377. The van der Waals surface area contributed by atoms with Gasteiger partial charge in [-0.05, 0) is 0 Å². The van der Waals surface area contributed by atoms with Crippen molar-refractivity contribution in [2.75, 3.05) is 0 Å². The minimum atomic E-state index is 0.377. The highest BCUT2D eigenvalue weighted by molar-refractivity contribution is 14.1. The summed E-state index contributed by atoms with van der Waals surface area (Å²) in [5, 5.41) is 7.55. The van der Waals surface area contributed by atoms with E-state index in [1.165, 1.54) is 0 Å². The van der Waals surface area contributed by atoms with E-state index >= 15 is 0 Å². The van der Waals surface area contributed by atoms with Crippen molar-refractivity contribution in [1.82, 2.24) is 0 Å². The van der Waals surface area contributed by atoms with Gasteiger partial charge in [0.2, 0.25) is 0 Å². The molecule has 3 heteroatoms. The lowest BCUT2D eigenvalue weighted by atomic mass is 10.4. The summed E-state index contributed by atoms with van der Waals surface area (Å²) in [7, 11) is 0. The molecule has 0 radical (unpaired) electrons. The molecule has 0 saturated carbocycles. The van der Waals surface area contributed by atoms with Crippen molar-refractivity contribution in [2.45, 2.75) is 10.5 Å². The van der Waals surface area contributed by atoms with E-state index in [0.29, 0.717) is 4.05 Å². The predicted molar refractivity (Wildman–Crippen MR) is 36.4 cm³/mol. The summed E-state index contributed by atoms with van der Waals surface area (Å²) >= 11 is 2.25. The van der Waals surface area contributed by atoms with Crippen LogP contribution in [0.15, 0.2) is 22.5 Å². The molecule has 1 aliphatic heterocycles. The minimum Gasteiger partial charge on any atom is -0.175 e. The molecule has 38 valence electrons. The Labute approximate surface area is 55.8 Å². The molecule has 0 amide bonds. The Morgan fingerprint density at radius 1 is 1.71 bits per heavy atom. The summed E-state index contributed by atoms with van der Waals surface area (Å²) < 4.78 is 0.377. The Morgan fingerprint density at radius 2 is 2.57 bits per heavy atom. The molecule has 0 aliphatic carbocycles. The van der Waals surface area contributed by atoms with Gasteiger partial charge in [-0.25, -0.2) is 0 Å². The highest BCUT2D eigenvalue weighted by Crippen LogP contribution is 2.12.